The fourth-order valence-electron chi connectivity index (χ4n) is 1.72. The van der Waals surface area contributed by atoms with E-state index in [9.17, 15) is 4.79 Å². The number of nitrogens with zero attached hydrogens (tertiary/aromatic N) is 2. The number of carbonyl (C=O) groups is 1. The van der Waals surface area contributed by atoms with Crippen molar-refractivity contribution in [1.82, 2.24) is 9.97 Å². The topological polar surface area (TPSA) is 99.4 Å². The summed E-state index contributed by atoms with van der Waals surface area (Å²) in [4.78, 5) is 19.5. The van der Waals surface area contributed by atoms with Crippen LogP contribution < -0.4 is 15.8 Å². The Balaban J connectivity index is 2.42. The van der Waals surface area contributed by atoms with Crippen LogP contribution in [0.1, 0.15) is 46.5 Å². The Morgan fingerprint density at radius 1 is 1.41 bits per heavy atom. The minimum absolute atomic E-state index is 0.0896. The molecular weight excluding hydrogens is 284 g/mol. The van der Waals surface area contributed by atoms with Crippen LogP contribution in [-0.4, -0.2) is 35.2 Å². The highest BCUT2D eigenvalue weighted by atomic mass is 16.5. The van der Waals surface area contributed by atoms with Crippen LogP contribution in [0.4, 0.5) is 11.8 Å². The second kappa shape index (κ2) is 9.81. The number of carbonyl (C=O) groups excluding carboxylic acids is 1. The molecule has 0 spiro atoms. The quantitative estimate of drug-likeness (QED) is 0.505. The van der Waals surface area contributed by atoms with E-state index in [0.717, 1.165) is 19.4 Å². The molecule has 0 aliphatic rings. The van der Waals surface area contributed by atoms with Crippen LogP contribution in [0.25, 0.3) is 0 Å². The van der Waals surface area contributed by atoms with Gasteiger partial charge in [0.25, 0.3) is 0 Å². The molecule has 1 aromatic heterocycles. The zero-order valence-corrected chi connectivity index (χ0v) is 13.6. The number of esters is 1. The molecule has 22 heavy (non-hydrogen) atoms. The van der Waals surface area contributed by atoms with Crippen molar-refractivity contribution in [2.75, 3.05) is 24.2 Å². The Kier molecular flexibility index (Phi) is 8.03. The molecule has 1 rings (SSSR count). The highest BCUT2D eigenvalue weighted by molar-refractivity contribution is 5.69. The lowest BCUT2D eigenvalue weighted by atomic mass is 10.3. The molecule has 0 aliphatic heterocycles. The van der Waals surface area contributed by atoms with E-state index >= 15 is 0 Å². The number of nitrogens with one attached hydrogen (secondary N) is 1. The summed E-state index contributed by atoms with van der Waals surface area (Å²) in [7, 11) is 0. The number of nitrogen functional groups attached to an aromatic ring is 1. The Bertz CT molecular complexity index is 466. The number of aromatic nitrogens is 2. The Morgan fingerprint density at radius 3 is 2.86 bits per heavy atom. The Hall–Kier alpha value is -2.05. The minimum Gasteiger partial charge on any atom is -0.488 e. The normalized spacial score (nSPS) is 10.5. The third-order valence-corrected chi connectivity index (χ3v) is 2.75. The van der Waals surface area contributed by atoms with Crippen LogP contribution >= 0.6 is 0 Å². The number of anilines is 2. The summed E-state index contributed by atoms with van der Waals surface area (Å²) in [5.41, 5.74) is 5.59. The number of hydrogen-bond acceptors (Lipinski definition) is 7. The van der Waals surface area contributed by atoms with Crippen LogP contribution in [0.2, 0.25) is 0 Å². The maximum Gasteiger partial charge on any atom is 0.306 e. The lowest BCUT2D eigenvalue weighted by Gasteiger charge is -2.12. The molecule has 0 saturated heterocycles. The van der Waals surface area contributed by atoms with Crippen molar-refractivity contribution < 1.29 is 14.3 Å². The summed E-state index contributed by atoms with van der Waals surface area (Å²) < 4.78 is 10.7. The van der Waals surface area contributed by atoms with Gasteiger partial charge in [0.1, 0.15) is 0 Å². The van der Waals surface area contributed by atoms with Gasteiger partial charge in [-0.1, -0.05) is 13.3 Å². The molecule has 7 nitrogen and oxygen atoms in total. The summed E-state index contributed by atoms with van der Waals surface area (Å²) in [6.45, 7) is 6.96. The molecule has 0 fully saturated rings. The van der Waals surface area contributed by atoms with E-state index in [4.69, 9.17) is 15.2 Å². The van der Waals surface area contributed by atoms with E-state index in [1.165, 1.54) is 0 Å². The fourth-order valence-corrected chi connectivity index (χ4v) is 1.72. The first kappa shape index (κ1) is 18.0. The van der Waals surface area contributed by atoms with Crippen LogP contribution in [0.15, 0.2) is 6.20 Å². The second-order valence-electron chi connectivity index (χ2n) is 5.21. The van der Waals surface area contributed by atoms with Gasteiger partial charge in [-0.15, -0.1) is 0 Å². The first-order valence-electron chi connectivity index (χ1n) is 7.71. The van der Waals surface area contributed by atoms with E-state index in [-0.39, 0.29) is 18.0 Å². The van der Waals surface area contributed by atoms with Gasteiger partial charge in [-0.25, -0.2) is 4.98 Å². The van der Waals surface area contributed by atoms with Gasteiger partial charge in [-0.05, 0) is 26.7 Å². The molecule has 124 valence electrons. The van der Waals surface area contributed by atoms with E-state index < -0.39 is 0 Å². The molecule has 3 N–H and O–H groups in total. The van der Waals surface area contributed by atoms with Crippen LogP contribution in [-0.2, 0) is 9.53 Å². The van der Waals surface area contributed by atoms with Gasteiger partial charge >= 0.3 is 5.97 Å². The van der Waals surface area contributed by atoms with Crippen molar-refractivity contribution in [3.8, 4) is 5.75 Å². The Morgan fingerprint density at radius 2 is 2.18 bits per heavy atom. The number of unbranched alkanes of at least 4 members (excludes halogenated alkanes) is 1. The van der Waals surface area contributed by atoms with Crippen molar-refractivity contribution in [2.45, 2.75) is 52.6 Å². The average Bonchev–Trinajstić information content (AvgIpc) is 2.45. The van der Waals surface area contributed by atoms with Crippen molar-refractivity contribution >= 4 is 17.7 Å². The Labute approximate surface area is 131 Å². The van der Waals surface area contributed by atoms with E-state index in [0.29, 0.717) is 31.0 Å². The summed E-state index contributed by atoms with van der Waals surface area (Å²) >= 11 is 0. The number of nitrogens with two attached hydrogens (primary N) is 1. The molecule has 1 heterocycles. The van der Waals surface area contributed by atoms with Gasteiger partial charge < -0.3 is 20.5 Å². The lowest BCUT2D eigenvalue weighted by Crippen LogP contribution is -2.13. The molecule has 0 radical (unpaired) electrons. The van der Waals surface area contributed by atoms with Gasteiger partial charge in [-0.2, -0.15) is 4.98 Å². The van der Waals surface area contributed by atoms with E-state index in [1.807, 2.05) is 13.8 Å². The number of ether oxygens (including phenoxy) is 2. The zero-order valence-electron chi connectivity index (χ0n) is 13.6. The van der Waals surface area contributed by atoms with Crippen LogP contribution in [0.5, 0.6) is 5.75 Å². The minimum atomic E-state index is -0.214. The molecule has 0 atom stereocenters. The highest BCUT2D eigenvalue weighted by Crippen LogP contribution is 2.21. The second-order valence-corrected chi connectivity index (χ2v) is 5.21. The SMILES string of the molecule is CCCCNc1nc(N)ncc1OCCCC(=O)OC(C)C. The third kappa shape index (κ3) is 7.10. The molecular formula is C15H26N4O3. The predicted molar refractivity (Wildman–Crippen MR) is 85.8 cm³/mol. The van der Waals surface area contributed by atoms with Crippen molar-refractivity contribution in [3.05, 3.63) is 6.20 Å². The van der Waals surface area contributed by atoms with Gasteiger partial charge in [0.05, 0.1) is 18.9 Å². The highest BCUT2D eigenvalue weighted by Gasteiger charge is 2.09. The zero-order chi connectivity index (χ0) is 16.4. The van der Waals surface area contributed by atoms with Crippen molar-refractivity contribution in [1.29, 1.82) is 0 Å². The number of rotatable bonds is 10. The van der Waals surface area contributed by atoms with Gasteiger partial charge in [0.2, 0.25) is 5.95 Å². The summed E-state index contributed by atoms with van der Waals surface area (Å²) in [5.74, 6) is 1.12. The molecule has 0 amide bonds. The molecule has 0 bridgehead atoms. The summed E-state index contributed by atoms with van der Waals surface area (Å²) in [6.07, 6.45) is 4.47. The average molecular weight is 310 g/mol. The molecule has 0 aliphatic carbocycles. The maximum absolute atomic E-state index is 11.4. The lowest BCUT2D eigenvalue weighted by molar-refractivity contribution is -0.147. The number of hydrogen-bond donors (Lipinski definition) is 2. The first-order chi connectivity index (χ1) is 10.5. The monoisotopic (exact) mass is 310 g/mol. The summed E-state index contributed by atoms with van der Waals surface area (Å²) in [6, 6.07) is 0. The predicted octanol–water partition coefficient (Wildman–Crippen LogP) is 2.38. The van der Waals surface area contributed by atoms with E-state index in [2.05, 4.69) is 22.2 Å². The van der Waals surface area contributed by atoms with Gasteiger partial charge in [0, 0.05) is 13.0 Å². The van der Waals surface area contributed by atoms with Gasteiger partial charge in [-0.3, -0.25) is 4.79 Å². The smallest absolute Gasteiger partial charge is 0.306 e. The maximum atomic E-state index is 11.4. The fraction of sp³-hybridized carbons (Fsp3) is 0.667. The van der Waals surface area contributed by atoms with Crippen LogP contribution in [0, 0.1) is 0 Å². The molecule has 0 aromatic carbocycles. The summed E-state index contributed by atoms with van der Waals surface area (Å²) in [5, 5.41) is 3.18. The largest absolute Gasteiger partial charge is 0.488 e. The molecule has 0 unspecified atom stereocenters. The van der Waals surface area contributed by atoms with Crippen LogP contribution in [0.3, 0.4) is 0 Å². The first-order valence-corrected chi connectivity index (χ1v) is 7.71. The third-order valence-electron chi connectivity index (χ3n) is 2.75. The standard InChI is InChI=1S/C15H26N4O3/c1-4-5-8-17-14-12(10-18-15(16)19-14)21-9-6-7-13(20)22-11(2)3/h10-11H,4-9H2,1-3H3,(H3,16,17,18,19). The van der Waals surface area contributed by atoms with Crippen molar-refractivity contribution in [2.24, 2.45) is 0 Å². The van der Waals surface area contributed by atoms with E-state index in [1.54, 1.807) is 6.20 Å². The molecule has 1 aromatic rings. The van der Waals surface area contributed by atoms with Crippen molar-refractivity contribution in [3.63, 3.8) is 0 Å². The molecule has 0 saturated carbocycles. The molecule has 7 heteroatoms. The van der Waals surface area contributed by atoms with Gasteiger partial charge in [0.15, 0.2) is 11.6 Å².